The summed E-state index contributed by atoms with van der Waals surface area (Å²) in [6.45, 7) is -0.0679. The average molecular weight is 410 g/mol. The first-order chi connectivity index (χ1) is 14.8. The third-order valence-electron chi connectivity index (χ3n) is 4.91. The highest BCUT2D eigenvalue weighted by Gasteiger charge is 2.11. The van der Waals surface area contributed by atoms with Crippen LogP contribution in [-0.4, -0.2) is 17.5 Å². The Morgan fingerprint density at radius 2 is 1.63 bits per heavy atom. The molecular weight excluding hydrogens is 392 g/mol. The van der Waals surface area contributed by atoms with Crippen molar-refractivity contribution >= 4 is 43.9 Å². The normalized spacial score (nSPS) is 10.9. The highest BCUT2D eigenvalue weighted by Crippen LogP contribution is 2.31. The smallest absolute Gasteiger partial charge is 0.264 e. The van der Waals surface area contributed by atoms with Gasteiger partial charge in [-0.1, -0.05) is 72.8 Å². The first kappa shape index (κ1) is 18.3. The highest BCUT2D eigenvalue weighted by molar-refractivity contribution is 7.14. The zero-order valence-electron chi connectivity index (χ0n) is 16.0. The summed E-state index contributed by atoms with van der Waals surface area (Å²) < 4.78 is 5.66. The highest BCUT2D eigenvalue weighted by atomic mass is 32.1. The van der Waals surface area contributed by atoms with Gasteiger partial charge in [0.2, 0.25) is 0 Å². The maximum atomic E-state index is 12.3. The zero-order chi connectivity index (χ0) is 20.3. The molecule has 1 amide bonds. The number of hydrogen-bond acceptors (Lipinski definition) is 4. The van der Waals surface area contributed by atoms with Crippen molar-refractivity contribution in [1.29, 1.82) is 0 Å². The van der Waals surface area contributed by atoms with Crippen LogP contribution in [0.1, 0.15) is 0 Å². The number of carbonyl (C=O) groups excluding carboxylic acids is 1. The van der Waals surface area contributed by atoms with Crippen LogP contribution >= 0.6 is 11.3 Å². The maximum absolute atomic E-state index is 12.3. The van der Waals surface area contributed by atoms with Crippen LogP contribution in [-0.2, 0) is 4.79 Å². The number of benzene rings is 4. The van der Waals surface area contributed by atoms with E-state index in [1.165, 1.54) is 11.3 Å². The molecule has 0 spiro atoms. The number of fused-ring (bicyclic) bond motifs is 2. The SMILES string of the molecule is O=C(COc1ccc2ccccc2c1)Nc1nc(-c2cccc3ccccc23)cs1. The van der Waals surface area contributed by atoms with E-state index in [1.807, 2.05) is 72.1 Å². The molecule has 146 valence electrons. The summed E-state index contributed by atoms with van der Waals surface area (Å²) in [5.41, 5.74) is 1.90. The second-order valence-electron chi connectivity index (χ2n) is 6.91. The minimum Gasteiger partial charge on any atom is -0.484 e. The van der Waals surface area contributed by atoms with Crippen LogP contribution in [0.4, 0.5) is 5.13 Å². The molecule has 0 saturated heterocycles. The number of amides is 1. The minimum absolute atomic E-state index is 0.0679. The van der Waals surface area contributed by atoms with E-state index in [-0.39, 0.29) is 12.5 Å². The topological polar surface area (TPSA) is 51.2 Å². The van der Waals surface area contributed by atoms with Crippen LogP contribution in [0.15, 0.2) is 90.3 Å². The second kappa shape index (κ2) is 7.97. The third-order valence-corrected chi connectivity index (χ3v) is 5.66. The van der Waals surface area contributed by atoms with Crippen LogP contribution in [0.5, 0.6) is 5.75 Å². The Labute approximate surface area is 177 Å². The lowest BCUT2D eigenvalue weighted by Crippen LogP contribution is -2.20. The first-order valence-electron chi connectivity index (χ1n) is 9.61. The van der Waals surface area contributed by atoms with E-state index in [2.05, 4.69) is 28.5 Å². The largest absolute Gasteiger partial charge is 0.484 e. The van der Waals surface area contributed by atoms with Crippen molar-refractivity contribution in [2.24, 2.45) is 0 Å². The van der Waals surface area contributed by atoms with Gasteiger partial charge >= 0.3 is 0 Å². The Kier molecular flexibility index (Phi) is 4.87. The van der Waals surface area contributed by atoms with E-state index in [1.54, 1.807) is 0 Å². The van der Waals surface area contributed by atoms with Gasteiger partial charge in [0.15, 0.2) is 11.7 Å². The molecule has 0 aliphatic rings. The summed E-state index contributed by atoms with van der Waals surface area (Å²) in [5.74, 6) is 0.432. The quantitative estimate of drug-likeness (QED) is 0.379. The van der Waals surface area contributed by atoms with E-state index in [0.29, 0.717) is 10.9 Å². The molecule has 1 heterocycles. The molecule has 4 aromatic carbocycles. The Morgan fingerprint density at radius 1 is 0.867 bits per heavy atom. The number of ether oxygens (including phenoxy) is 1. The van der Waals surface area contributed by atoms with Crippen molar-refractivity contribution in [2.45, 2.75) is 0 Å². The van der Waals surface area contributed by atoms with Gasteiger partial charge in [-0.25, -0.2) is 4.98 Å². The zero-order valence-corrected chi connectivity index (χ0v) is 16.9. The number of hydrogen-bond donors (Lipinski definition) is 1. The Morgan fingerprint density at radius 3 is 2.53 bits per heavy atom. The van der Waals surface area contributed by atoms with Crippen LogP contribution in [0.2, 0.25) is 0 Å². The maximum Gasteiger partial charge on any atom is 0.264 e. The van der Waals surface area contributed by atoms with Gasteiger partial charge in [0, 0.05) is 10.9 Å². The van der Waals surface area contributed by atoms with Crippen molar-refractivity contribution in [3.8, 4) is 17.0 Å². The lowest BCUT2D eigenvalue weighted by molar-refractivity contribution is -0.118. The van der Waals surface area contributed by atoms with Crippen LogP contribution in [0.25, 0.3) is 32.8 Å². The van der Waals surface area contributed by atoms with Gasteiger partial charge in [-0.05, 0) is 33.7 Å². The van der Waals surface area contributed by atoms with Gasteiger partial charge in [0.05, 0.1) is 5.69 Å². The number of nitrogens with zero attached hydrogens (tertiary/aromatic N) is 1. The van der Waals surface area contributed by atoms with E-state index in [0.717, 1.165) is 32.8 Å². The molecular formula is C25H18N2O2S. The fourth-order valence-electron chi connectivity index (χ4n) is 3.47. The fraction of sp³-hybridized carbons (Fsp3) is 0.0400. The number of thiazole rings is 1. The summed E-state index contributed by atoms with van der Waals surface area (Å²) in [4.78, 5) is 16.9. The molecule has 0 fully saturated rings. The number of anilines is 1. The molecule has 0 aliphatic heterocycles. The van der Waals surface area contributed by atoms with Gasteiger partial charge in [0.1, 0.15) is 5.75 Å². The van der Waals surface area contributed by atoms with E-state index < -0.39 is 0 Å². The van der Waals surface area contributed by atoms with Crippen molar-refractivity contribution in [2.75, 3.05) is 11.9 Å². The monoisotopic (exact) mass is 410 g/mol. The Hall–Kier alpha value is -3.70. The van der Waals surface area contributed by atoms with Gasteiger partial charge in [-0.3, -0.25) is 10.1 Å². The molecule has 1 aromatic heterocycles. The van der Waals surface area contributed by atoms with E-state index >= 15 is 0 Å². The molecule has 4 nitrogen and oxygen atoms in total. The molecule has 0 unspecified atom stereocenters. The molecule has 5 aromatic rings. The predicted octanol–water partition coefficient (Wildman–Crippen LogP) is 6.13. The minimum atomic E-state index is -0.234. The van der Waals surface area contributed by atoms with Crippen molar-refractivity contribution in [3.05, 3.63) is 90.3 Å². The average Bonchev–Trinajstić information content (AvgIpc) is 3.25. The molecule has 0 radical (unpaired) electrons. The number of aromatic nitrogens is 1. The summed E-state index contributed by atoms with van der Waals surface area (Å²) >= 11 is 1.41. The summed E-state index contributed by atoms with van der Waals surface area (Å²) in [6, 6.07) is 28.2. The van der Waals surface area contributed by atoms with Gasteiger partial charge in [-0.15, -0.1) is 11.3 Å². The van der Waals surface area contributed by atoms with Gasteiger partial charge < -0.3 is 4.74 Å². The molecule has 0 saturated carbocycles. The molecule has 0 bridgehead atoms. The van der Waals surface area contributed by atoms with Crippen molar-refractivity contribution in [3.63, 3.8) is 0 Å². The summed E-state index contributed by atoms with van der Waals surface area (Å²) in [6.07, 6.45) is 0. The second-order valence-corrected chi connectivity index (χ2v) is 7.77. The summed E-state index contributed by atoms with van der Waals surface area (Å²) in [5, 5.41) is 9.87. The molecule has 1 N–H and O–H groups in total. The predicted molar refractivity (Wildman–Crippen MR) is 123 cm³/mol. The molecule has 5 rings (SSSR count). The van der Waals surface area contributed by atoms with E-state index in [4.69, 9.17) is 4.74 Å². The number of carbonyl (C=O) groups is 1. The lowest BCUT2D eigenvalue weighted by atomic mass is 10.0. The van der Waals surface area contributed by atoms with Gasteiger partial charge in [0.25, 0.3) is 5.91 Å². The van der Waals surface area contributed by atoms with Crippen LogP contribution in [0.3, 0.4) is 0 Å². The fourth-order valence-corrected chi connectivity index (χ4v) is 4.19. The number of rotatable bonds is 5. The molecule has 5 heteroatoms. The van der Waals surface area contributed by atoms with Gasteiger partial charge in [-0.2, -0.15) is 0 Å². The van der Waals surface area contributed by atoms with E-state index in [9.17, 15) is 4.79 Å². The van der Waals surface area contributed by atoms with Crippen molar-refractivity contribution < 1.29 is 9.53 Å². The Bertz CT molecular complexity index is 1350. The van der Waals surface area contributed by atoms with Crippen molar-refractivity contribution in [1.82, 2.24) is 4.98 Å². The third kappa shape index (κ3) is 3.75. The number of nitrogens with one attached hydrogen (secondary N) is 1. The molecule has 0 atom stereocenters. The molecule has 0 aliphatic carbocycles. The Balaban J connectivity index is 1.27. The van der Waals surface area contributed by atoms with Crippen LogP contribution in [0, 0.1) is 0 Å². The molecule has 30 heavy (non-hydrogen) atoms. The summed E-state index contributed by atoms with van der Waals surface area (Å²) in [7, 11) is 0. The first-order valence-corrected chi connectivity index (χ1v) is 10.5. The lowest BCUT2D eigenvalue weighted by Gasteiger charge is -2.07. The standard InChI is InChI=1S/C25H18N2O2S/c28-24(15-29-20-13-12-17-6-1-2-8-19(17)14-20)27-25-26-23(16-30-25)22-11-5-9-18-7-3-4-10-21(18)22/h1-14,16H,15H2,(H,26,27,28). The van der Waals surface area contributed by atoms with Crippen LogP contribution < -0.4 is 10.1 Å².